The minimum Gasteiger partial charge on any atom is -0.411 e. The summed E-state index contributed by atoms with van der Waals surface area (Å²) in [5, 5.41) is 18.2. The van der Waals surface area contributed by atoms with Gasteiger partial charge in [-0.05, 0) is 5.16 Å². The average molecular weight is 167 g/mol. The number of oxime groups is 1. The molecule has 0 radical (unpaired) electrons. The monoisotopic (exact) mass is 167 g/mol. The Labute approximate surface area is 66.8 Å². The standard InChI is InChI=1S/C6H5N3O3/c10-6-4(7-11)2-1-3-5(6)9-12-8-3/h11H,1-2H2/b7-4+. The van der Waals surface area contributed by atoms with Gasteiger partial charge in [-0.15, -0.1) is 0 Å². The van der Waals surface area contributed by atoms with Crippen LogP contribution in [0.1, 0.15) is 22.6 Å². The first-order valence-electron chi connectivity index (χ1n) is 3.40. The molecule has 0 amide bonds. The van der Waals surface area contributed by atoms with Gasteiger partial charge in [-0.3, -0.25) is 4.79 Å². The second-order valence-corrected chi connectivity index (χ2v) is 2.44. The molecule has 1 N–H and O–H groups in total. The zero-order valence-electron chi connectivity index (χ0n) is 6.02. The summed E-state index contributed by atoms with van der Waals surface area (Å²) in [5.74, 6) is -0.403. The van der Waals surface area contributed by atoms with E-state index in [-0.39, 0.29) is 11.4 Å². The second kappa shape index (κ2) is 2.40. The smallest absolute Gasteiger partial charge is 0.234 e. The molecule has 0 saturated carbocycles. The van der Waals surface area contributed by atoms with Crippen LogP contribution in [0, 0.1) is 0 Å². The summed E-state index contributed by atoms with van der Waals surface area (Å²) in [6.07, 6.45) is 0.917. The molecule has 1 aromatic heterocycles. The Morgan fingerprint density at radius 1 is 1.42 bits per heavy atom. The number of carbonyl (C=O) groups is 1. The van der Waals surface area contributed by atoms with Crippen LogP contribution < -0.4 is 0 Å². The number of nitrogens with zero attached hydrogens (tertiary/aromatic N) is 3. The van der Waals surface area contributed by atoms with E-state index in [4.69, 9.17) is 5.21 Å². The first-order valence-corrected chi connectivity index (χ1v) is 3.40. The van der Waals surface area contributed by atoms with Crippen molar-refractivity contribution >= 4 is 11.5 Å². The maximum Gasteiger partial charge on any atom is 0.234 e. The third-order valence-corrected chi connectivity index (χ3v) is 1.75. The molecule has 12 heavy (non-hydrogen) atoms. The summed E-state index contributed by atoms with van der Waals surface area (Å²) in [6.45, 7) is 0. The molecule has 6 heteroatoms. The quantitative estimate of drug-likeness (QED) is 0.435. The Bertz CT molecular complexity index is 355. The third-order valence-electron chi connectivity index (χ3n) is 1.75. The first kappa shape index (κ1) is 6.96. The SMILES string of the molecule is O=C1/C(=N/O)CCc2nonc21. The van der Waals surface area contributed by atoms with E-state index in [1.165, 1.54) is 0 Å². The van der Waals surface area contributed by atoms with Crippen molar-refractivity contribution in [1.29, 1.82) is 0 Å². The van der Waals surface area contributed by atoms with Crippen molar-refractivity contribution in [2.75, 3.05) is 0 Å². The maximum atomic E-state index is 11.3. The van der Waals surface area contributed by atoms with Crippen LogP contribution >= 0.6 is 0 Å². The van der Waals surface area contributed by atoms with Gasteiger partial charge in [-0.2, -0.15) is 0 Å². The van der Waals surface area contributed by atoms with Crippen LogP contribution in [0.2, 0.25) is 0 Å². The minimum atomic E-state index is -0.403. The molecule has 0 fully saturated rings. The zero-order valence-corrected chi connectivity index (χ0v) is 6.02. The fraction of sp³-hybridized carbons (Fsp3) is 0.333. The molecule has 2 rings (SSSR count). The van der Waals surface area contributed by atoms with E-state index in [2.05, 4.69) is 20.1 Å². The van der Waals surface area contributed by atoms with Crippen molar-refractivity contribution in [2.45, 2.75) is 12.8 Å². The van der Waals surface area contributed by atoms with E-state index < -0.39 is 5.78 Å². The van der Waals surface area contributed by atoms with Crippen molar-refractivity contribution in [2.24, 2.45) is 5.16 Å². The summed E-state index contributed by atoms with van der Waals surface area (Å²) in [5.41, 5.74) is 0.805. The van der Waals surface area contributed by atoms with E-state index >= 15 is 0 Å². The first-order chi connectivity index (χ1) is 5.83. The Balaban J connectivity index is 2.49. The van der Waals surface area contributed by atoms with Crippen molar-refractivity contribution < 1.29 is 14.6 Å². The van der Waals surface area contributed by atoms with Crippen LogP contribution in [0.4, 0.5) is 0 Å². The van der Waals surface area contributed by atoms with Gasteiger partial charge in [0.25, 0.3) is 0 Å². The predicted octanol–water partition coefficient (Wildman–Crippen LogP) is 0.0287. The van der Waals surface area contributed by atoms with Gasteiger partial charge in [0, 0.05) is 12.8 Å². The van der Waals surface area contributed by atoms with Crippen LogP contribution in [0.15, 0.2) is 9.78 Å². The molecule has 0 spiro atoms. The fourth-order valence-corrected chi connectivity index (χ4v) is 1.13. The molecule has 0 unspecified atom stereocenters. The lowest BCUT2D eigenvalue weighted by Crippen LogP contribution is -2.22. The highest BCUT2D eigenvalue weighted by molar-refractivity contribution is 6.46. The van der Waals surface area contributed by atoms with Crippen molar-refractivity contribution in [3.63, 3.8) is 0 Å². The lowest BCUT2D eigenvalue weighted by atomic mass is 9.98. The van der Waals surface area contributed by atoms with Crippen LogP contribution in [0.5, 0.6) is 0 Å². The van der Waals surface area contributed by atoms with Crippen molar-refractivity contribution in [3.8, 4) is 0 Å². The molecular formula is C6H5N3O3. The number of aryl methyl sites for hydroxylation is 1. The topological polar surface area (TPSA) is 88.6 Å². The van der Waals surface area contributed by atoms with Crippen LogP contribution in [0.3, 0.4) is 0 Å². The molecule has 0 aromatic carbocycles. The van der Waals surface area contributed by atoms with E-state index in [1.807, 2.05) is 0 Å². The second-order valence-electron chi connectivity index (χ2n) is 2.44. The molecule has 1 heterocycles. The molecule has 1 aliphatic carbocycles. The van der Waals surface area contributed by atoms with Gasteiger partial charge >= 0.3 is 0 Å². The molecular weight excluding hydrogens is 162 g/mol. The van der Waals surface area contributed by atoms with Crippen LogP contribution in [-0.4, -0.2) is 27.0 Å². The summed E-state index contributed by atoms with van der Waals surface area (Å²) >= 11 is 0. The van der Waals surface area contributed by atoms with Gasteiger partial charge in [0.05, 0.1) is 0 Å². The summed E-state index contributed by atoms with van der Waals surface area (Å²) < 4.78 is 4.37. The highest BCUT2D eigenvalue weighted by atomic mass is 16.6. The van der Waals surface area contributed by atoms with Gasteiger partial charge in [0.2, 0.25) is 5.78 Å². The summed E-state index contributed by atoms with van der Waals surface area (Å²) in [4.78, 5) is 11.3. The molecule has 0 atom stereocenters. The molecule has 62 valence electrons. The number of rotatable bonds is 0. The van der Waals surface area contributed by atoms with Crippen molar-refractivity contribution in [1.82, 2.24) is 10.3 Å². The zero-order chi connectivity index (χ0) is 8.55. The lowest BCUT2D eigenvalue weighted by Gasteiger charge is -2.05. The average Bonchev–Trinajstić information content (AvgIpc) is 2.53. The Morgan fingerprint density at radius 2 is 2.25 bits per heavy atom. The van der Waals surface area contributed by atoms with E-state index in [0.717, 1.165) is 0 Å². The van der Waals surface area contributed by atoms with Gasteiger partial charge in [0.15, 0.2) is 5.69 Å². The van der Waals surface area contributed by atoms with Gasteiger partial charge in [-0.25, -0.2) is 4.63 Å². The Kier molecular flexibility index (Phi) is 1.39. The van der Waals surface area contributed by atoms with Crippen LogP contribution in [0.25, 0.3) is 0 Å². The highest BCUT2D eigenvalue weighted by Crippen LogP contribution is 2.15. The number of fused-ring (bicyclic) bond motifs is 1. The molecule has 6 nitrogen and oxygen atoms in total. The van der Waals surface area contributed by atoms with Crippen LogP contribution in [-0.2, 0) is 6.42 Å². The number of carbonyl (C=O) groups excluding carboxylic acids is 1. The van der Waals surface area contributed by atoms with E-state index in [0.29, 0.717) is 18.5 Å². The third kappa shape index (κ3) is 0.810. The maximum absolute atomic E-state index is 11.3. The number of hydrogen-bond donors (Lipinski definition) is 1. The van der Waals surface area contributed by atoms with Gasteiger partial charge in [0.1, 0.15) is 11.4 Å². The lowest BCUT2D eigenvalue weighted by molar-refractivity contribution is 0.104. The number of Topliss-reactive ketones (excluding diaryl/α,β-unsaturated/α-hetero) is 1. The van der Waals surface area contributed by atoms with Gasteiger partial charge in [-0.1, -0.05) is 10.3 Å². The van der Waals surface area contributed by atoms with E-state index in [9.17, 15) is 4.79 Å². The minimum absolute atomic E-state index is 0.109. The summed E-state index contributed by atoms with van der Waals surface area (Å²) in [6, 6.07) is 0. The fourth-order valence-electron chi connectivity index (χ4n) is 1.13. The molecule has 1 aliphatic rings. The largest absolute Gasteiger partial charge is 0.411 e. The van der Waals surface area contributed by atoms with Crippen molar-refractivity contribution in [3.05, 3.63) is 11.4 Å². The van der Waals surface area contributed by atoms with Gasteiger partial charge < -0.3 is 5.21 Å². The number of hydrogen-bond acceptors (Lipinski definition) is 6. The van der Waals surface area contributed by atoms with E-state index in [1.54, 1.807) is 0 Å². The molecule has 0 aliphatic heterocycles. The predicted molar refractivity (Wildman–Crippen MR) is 36.2 cm³/mol. The molecule has 1 aromatic rings. The molecule has 0 saturated heterocycles. The highest BCUT2D eigenvalue weighted by Gasteiger charge is 2.28. The normalized spacial score (nSPS) is 19.7. The Hall–Kier alpha value is -1.72. The number of ketones is 1. The number of aromatic nitrogens is 2. The Morgan fingerprint density at radius 3 is 3.00 bits per heavy atom. The summed E-state index contributed by atoms with van der Waals surface area (Å²) in [7, 11) is 0. The molecule has 0 bridgehead atoms.